The Balaban J connectivity index is 1.87. The van der Waals surface area contributed by atoms with Crippen LogP contribution in [-0.2, 0) is 9.53 Å². The summed E-state index contributed by atoms with van der Waals surface area (Å²) in [5.74, 6) is 0.861. The Morgan fingerprint density at radius 1 is 1.29 bits per heavy atom. The smallest absolute Gasteiger partial charge is 0.306 e. The van der Waals surface area contributed by atoms with E-state index in [2.05, 4.69) is 0 Å². The van der Waals surface area contributed by atoms with Gasteiger partial charge < -0.3 is 4.74 Å². The number of esters is 1. The fourth-order valence-corrected chi connectivity index (χ4v) is 3.54. The Labute approximate surface area is 130 Å². The predicted molar refractivity (Wildman–Crippen MR) is 85.7 cm³/mol. The van der Waals surface area contributed by atoms with Crippen LogP contribution < -0.4 is 0 Å². The molecular formula is C17H22O3S. The van der Waals surface area contributed by atoms with Crippen molar-refractivity contribution < 1.29 is 14.3 Å². The highest BCUT2D eigenvalue weighted by Gasteiger charge is 2.45. The lowest BCUT2D eigenvalue weighted by atomic mass is 10.1. The van der Waals surface area contributed by atoms with E-state index >= 15 is 0 Å². The SMILES string of the molecule is COC(=O)CC1(CSC(C)C(=O)c2ccc(C)cc2)CC1. The van der Waals surface area contributed by atoms with E-state index in [0.717, 1.165) is 29.7 Å². The Morgan fingerprint density at radius 2 is 1.90 bits per heavy atom. The molecule has 3 nitrogen and oxygen atoms in total. The summed E-state index contributed by atoms with van der Waals surface area (Å²) in [7, 11) is 1.43. The number of benzene rings is 1. The summed E-state index contributed by atoms with van der Waals surface area (Å²) < 4.78 is 4.75. The minimum absolute atomic E-state index is 0.0690. The highest BCUT2D eigenvalue weighted by atomic mass is 32.2. The van der Waals surface area contributed by atoms with Gasteiger partial charge in [0.1, 0.15) is 0 Å². The first-order chi connectivity index (χ1) is 9.96. The Morgan fingerprint density at radius 3 is 2.43 bits per heavy atom. The third-order valence-electron chi connectivity index (χ3n) is 4.05. The van der Waals surface area contributed by atoms with Crippen LogP contribution >= 0.6 is 11.8 Å². The van der Waals surface area contributed by atoms with Crippen LogP contribution in [0, 0.1) is 12.3 Å². The van der Waals surface area contributed by atoms with Crippen LogP contribution in [0.3, 0.4) is 0 Å². The summed E-state index contributed by atoms with van der Waals surface area (Å²) >= 11 is 1.65. The fraction of sp³-hybridized carbons (Fsp3) is 0.529. The maximum atomic E-state index is 12.4. The number of carbonyl (C=O) groups excluding carboxylic acids is 2. The van der Waals surface area contributed by atoms with Crippen LogP contribution in [0.5, 0.6) is 0 Å². The van der Waals surface area contributed by atoms with Gasteiger partial charge in [-0.2, -0.15) is 0 Å². The summed E-state index contributed by atoms with van der Waals surface area (Å²) in [5.41, 5.74) is 1.99. The molecule has 1 fully saturated rings. The molecule has 1 aromatic rings. The van der Waals surface area contributed by atoms with Crippen molar-refractivity contribution in [2.75, 3.05) is 12.9 Å². The van der Waals surface area contributed by atoms with E-state index in [-0.39, 0.29) is 22.4 Å². The molecule has 1 saturated carbocycles. The van der Waals surface area contributed by atoms with Gasteiger partial charge in [-0.1, -0.05) is 29.8 Å². The van der Waals surface area contributed by atoms with Crippen LogP contribution in [0.4, 0.5) is 0 Å². The van der Waals surface area contributed by atoms with Crippen molar-refractivity contribution in [1.29, 1.82) is 0 Å². The maximum Gasteiger partial charge on any atom is 0.306 e. The van der Waals surface area contributed by atoms with Gasteiger partial charge in [0, 0.05) is 11.3 Å². The van der Waals surface area contributed by atoms with Crippen molar-refractivity contribution >= 4 is 23.5 Å². The van der Waals surface area contributed by atoms with E-state index in [1.807, 2.05) is 38.1 Å². The molecule has 0 N–H and O–H groups in total. The molecule has 21 heavy (non-hydrogen) atoms. The second kappa shape index (κ2) is 6.65. The lowest BCUT2D eigenvalue weighted by molar-refractivity contribution is -0.141. The second-order valence-electron chi connectivity index (χ2n) is 5.94. The summed E-state index contributed by atoms with van der Waals surface area (Å²) in [5, 5.41) is -0.0807. The molecule has 0 amide bonds. The standard InChI is InChI=1S/C17H22O3S/c1-12-4-6-14(7-5-12)16(19)13(2)21-11-17(8-9-17)10-15(18)20-3/h4-7,13H,8-11H2,1-3H3. The van der Waals surface area contributed by atoms with E-state index in [1.54, 1.807) is 11.8 Å². The summed E-state index contributed by atoms with van der Waals surface area (Å²) in [4.78, 5) is 23.8. The first-order valence-corrected chi connectivity index (χ1v) is 8.30. The Bertz CT molecular complexity index is 517. The van der Waals surface area contributed by atoms with Crippen molar-refractivity contribution in [3.05, 3.63) is 35.4 Å². The lowest BCUT2D eigenvalue weighted by Crippen LogP contribution is -2.18. The van der Waals surface area contributed by atoms with Crippen molar-refractivity contribution in [3.8, 4) is 0 Å². The zero-order valence-corrected chi connectivity index (χ0v) is 13.7. The van der Waals surface area contributed by atoms with Gasteiger partial charge in [0.25, 0.3) is 0 Å². The number of aryl methyl sites for hydroxylation is 1. The van der Waals surface area contributed by atoms with Crippen LogP contribution in [0.2, 0.25) is 0 Å². The number of rotatable bonds is 7. The molecule has 1 aromatic carbocycles. The lowest BCUT2D eigenvalue weighted by Gasteiger charge is -2.16. The van der Waals surface area contributed by atoms with Crippen LogP contribution in [0.1, 0.15) is 42.1 Å². The second-order valence-corrected chi connectivity index (χ2v) is 7.27. The Hall–Kier alpha value is -1.29. The maximum absolute atomic E-state index is 12.4. The molecule has 0 spiro atoms. The first kappa shape index (κ1) is 16.1. The highest BCUT2D eigenvalue weighted by molar-refractivity contribution is 8.00. The van der Waals surface area contributed by atoms with E-state index in [0.29, 0.717) is 6.42 Å². The van der Waals surface area contributed by atoms with Gasteiger partial charge in [0.2, 0.25) is 0 Å². The average molecular weight is 306 g/mol. The summed E-state index contributed by atoms with van der Waals surface area (Å²) in [6.45, 7) is 3.96. The number of hydrogen-bond acceptors (Lipinski definition) is 4. The van der Waals surface area contributed by atoms with Crippen LogP contribution in [-0.4, -0.2) is 29.9 Å². The van der Waals surface area contributed by atoms with Gasteiger partial charge in [0.15, 0.2) is 5.78 Å². The summed E-state index contributed by atoms with van der Waals surface area (Å²) in [6, 6.07) is 7.70. The zero-order chi connectivity index (χ0) is 15.5. The number of hydrogen-bond donors (Lipinski definition) is 0. The zero-order valence-electron chi connectivity index (χ0n) is 12.8. The third kappa shape index (κ3) is 4.34. The molecule has 0 aliphatic heterocycles. The highest BCUT2D eigenvalue weighted by Crippen LogP contribution is 2.51. The molecule has 0 saturated heterocycles. The van der Waals surface area contributed by atoms with Gasteiger partial charge >= 0.3 is 5.97 Å². The van der Waals surface area contributed by atoms with Gasteiger partial charge in [-0.15, -0.1) is 11.8 Å². The van der Waals surface area contributed by atoms with E-state index in [9.17, 15) is 9.59 Å². The number of Topliss-reactive ketones (excluding diaryl/α,β-unsaturated/α-hetero) is 1. The van der Waals surface area contributed by atoms with Crippen LogP contribution in [0.15, 0.2) is 24.3 Å². The molecule has 0 bridgehead atoms. The van der Waals surface area contributed by atoms with E-state index in [1.165, 1.54) is 7.11 Å². The number of methoxy groups -OCH3 is 1. The summed E-state index contributed by atoms with van der Waals surface area (Å²) in [6.07, 6.45) is 2.59. The quantitative estimate of drug-likeness (QED) is 0.570. The van der Waals surface area contributed by atoms with Crippen molar-refractivity contribution in [1.82, 2.24) is 0 Å². The van der Waals surface area contributed by atoms with E-state index in [4.69, 9.17) is 4.74 Å². The predicted octanol–water partition coefficient (Wildman–Crippen LogP) is 3.64. The molecule has 114 valence electrons. The van der Waals surface area contributed by atoms with Crippen molar-refractivity contribution in [2.24, 2.45) is 5.41 Å². The van der Waals surface area contributed by atoms with E-state index < -0.39 is 0 Å². The molecule has 0 aromatic heterocycles. The van der Waals surface area contributed by atoms with Crippen LogP contribution in [0.25, 0.3) is 0 Å². The third-order valence-corrected chi connectivity index (χ3v) is 5.54. The largest absolute Gasteiger partial charge is 0.469 e. The van der Waals surface area contributed by atoms with Gasteiger partial charge in [-0.05, 0) is 32.1 Å². The molecular weight excluding hydrogens is 284 g/mol. The number of carbonyl (C=O) groups is 2. The minimum Gasteiger partial charge on any atom is -0.469 e. The molecule has 1 aliphatic carbocycles. The van der Waals surface area contributed by atoms with Crippen molar-refractivity contribution in [2.45, 2.75) is 38.4 Å². The van der Waals surface area contributed by atoms with Gasteiger partial charge in [-0.25, -0.2) is 0 Å². The molecule has 0 heterocycles. The first-order valence-electron chi connectivity index (χ1n) is 7.25. The molecule has 1 unspecified atom stereocenters. The number of ketones is 1. The van der Waals surface area contributed by atoms with Gasteiger partial charge in [-0.3, -0.25) is 9.59 Å². The Kier molecular flexibility index (Phi) is 5.09. The fourth-order valence-electron chi connectivity index (χ4n) is 2.26. The number of thioether (sulfide) groups is 1. The molecule has 1 atom stereocenters. The molecule has 2 rings (SSSR count). The molecule has 1 aliphatic rings. The normalized spacial score (nSPS) is 17.1. The number of ether oxygens (including phenoxy) is 1. The molecule has 4 heteroatoms. The van der Waals surface area contributed by atoms with Gasteiger partial charge in [0.05, 0.1) is 18.8 Å². The topological polar surface area (TPSA) is 43.4 Å². The molecule has 0 radical (unpaired) electrons. The van der Waals surface area contributed by atoms with Crippen molar-refractivity contribution in [3.63, 3.8) is 0 Å². The average Bonchev–Trinajstić information content (AvgIpc) is 3.24. The monoisotopic (exact) mass is 306 g/mol. The minimum atomic E-state index is -0.148.